The summed E-state index contributed by atoms with van der Waals surface area (Å²) in [6.07, 6.45) is 2.35. The van der Waals surface area contributed by atoms with E-state index in [9.17, 15) is 9.18 Å². The summed E-state index contributed by atoms with van der Waals surface area (Å²) >= 11 is 0. The lowest BCUT2D eigenvalue weighted by molar-refractivity contribution is 0.0678. The van der Waals surface area contributed by atoms with Crippen LogP contribution in [-0.4, -0.2) is 44.2 Å². The van der Waals surface area contributed by atoms with E-state index in [0.29, 0.717) is 30.2 Å². The highest BCUT2D eigenvalue weighted by molar-refractivity contribution is 5.94. The Morgan fingerprint density at radius 3 is 2.67 bits per heavy atom. The Labute approximate surface area is 160 Å². The second-order valence-corrected chi connectivity index (χ2v) is 6.98. The first-order valence-electron chi connectivity index (χ1n) is 9.51. The minimum Gasteiger partial charge on any atom is -0.383 e. The van der Waals surface area contributed by atoms with Crippen molar-refractivity contribution in [2.24, 2.45) is 0 Å². The van der Waals surface area contributed by atoms with Crippen molar-refractivity contribution in [2.75, 3.05) is 33.4 Å². The molecule has 1 amide bonds. The third-order valence-corrected chi connectivity index (χ3v) is 5.10. The van der Waals surface area contributed by atoms with E-state index in [1.165, 1.54) is 24.5 Å². The van der Waals surface area contributed by atoms with E-state index in [0.717, 1.165) is 13.1 Å². The maximum Gasteiger partial charge on any atom is 0.254 e. The molecule has 0 spiro atoms. The molecule has 1 fully saturated rings. The Morgan fingerprint density at radius 1 is 1.22 bits per heavy atom. The normalized spacial score (nSPS) is 16.9. The largest absolute Gasteiger partial charge is 0.383 e. The smallest absolute Gasteiger partial charge is 0.254 e. The van der Waals surface area contributed by atoms with Crippen molar-refractivity contribution in [2.45, 2.75) is 25.3 Å². The highest BCUT2D eigenvalue weighted by Crippen LogP contribution is 2.24. The van der Waals surface area contributed by atoms with Crippen molar-refractivity contribution in [3.8, 4) is 0 Å². The molecule has 1 unspecified atom stereocenters. The van der Waals surface area contributed by atoms with Crippen LogP contribution in [0.2, 0.25) is 0 Å². The van der Waals surface area contributed by atoms with Crippen LogP contribution in [0.1, 0.15) is 40.2 Å². The van der Waals surface area contributed by atoms with Crippen molar-refractivity contribution in [3.05, 3.63) is 71.0 Å². The van der Waals surface area contributed by atoms with Gasteiger partial charge in [-0.1, -0.05) is 30.3 Å². The number of carbonyl (C=O) groups excluding carboxylic acids is 1. The molecule has 1 aliphatic rings. The van der Waals surface area contributed by atoms with Crippen molar-refractivity contribution < 1.29 is 13.9 Å². The Kier molecular flexibility index (Phi) is 6.96. The van der Waals surface area contributed by atoms with E-state index in [1.54, 1.807) is 30.2 Å². The first-order valence-corrected chi connectivity index (χ1v) is 9.51. The zero-order valence-corrected chi connectivity index (χ0v) is 15.8. The van der Waals surface area contributed by atoms with Gasteiger partial charge in [0, 0.05) is 37.9 Å². The number of hydrogen-bond donors (Lipinski definition) is 1. The summed E-state index contributed by atoms with van der Waals surface area (Å²) in [5, 5.41) is 3.42. The van der Waals surface area contributed by atoms with Crippen LogP contribution in [0.15, 0.2) is 48.5 Å². The predicted octanol–water partition coefficient (Wildman–Crippen LogP) is 3.58. The zero-order valence-electron chi connectivity index (χ0n) is 15.8. The molecule has 0 bridgehead atoms. The van der Waals surface area contributed by atoms with Gasteiger partial charge in [0.25, 0.3) is 5.91 Å². The van der Waals surface area contributed by atoms with Gasteiger partial charge < -0.3 is 15.0 Å². The summed E-state index contributed by atoms with van der Waals surface area (Å²) in [5.41, 5.74) is 2.39. The molecule has 2 aromatic carbocycles. The first-order chi connectivity index (χ1) is 13.2. The lowest BCUT2D eigenvalue weighted by Gasteiger charge is -2.25. The molecule has 27 heavy (non-hydrogen) atoms. The minimum atomic E-state index is -0.298. The summed E-state index contributed by atoms with van der Waals surface area (Å²) in [5.74, 6) is 0.0994. The molecule has 1 heterocycles. The monoisotopic (exact) mass is 370 g/mol. The average Bonchev–Trinajstić information content (AvgIpc) is 2.72. The van der Waals surface area contributed by atoms with E-state index in [4.69, 9.17) is 4.74 Å². The third kappa shape index (κ3) is 5.15. The highest BCUT2D eigenvalue weighted by atomic mass is 19.1. The Morgan fingerprint density at radius 2 is 2.00 bits per heavy atom. The molecule has 1 N–H and O–H groups in total. The van der Waals surface area contributed by atoms with Gasteiger partial charge in [-0.2, -0.15) is 0 Å². The number of amides is 1. The van der Waals surface area contributed by atoms with Gasteiger partial charge in [-0.15, -0.1) is 0 Å². The number of benzene rings is 2. The van der Waals surface area contributed by atoms with E-state index in [2.05, 4.69) is 5.32 Å². The summed E-state index contributed by atoms with van der Waals surface area (Å²) in [4.78, 5) is 14.6. The molecular formula is C22H27FN2O2. The molecule has 1 aliphatic heterocycles. The fourth-order valence-electron chi connectivity index (χ4n) is 3.50. The second-order valence-electron chi connectivity index (χ2n) is 6.98. The van der Waals surface area contributed by atoms with E-state index in [-0.39, 0.29) is 18.3 Å². The number of halogens is 1. The molecule has 0 aliphatic carbocycles. The topological polar surface area (TPSA) is 41.6 Å². The summed E-state index contributed by atoms with van der Waals surface area (Å²) < 4.78 is 19.2. The van der Waals surface area contributed by atoms with Gasteiger partial charge >= 0.3 is 0 Å². The average molecular weight is 370 g/mol. The van der Waals surface area contributed by atoms with Gasteiger partial charge in [0.15, 0.2) is 0 Å². The summed E-state index contributed by atoms with van der Waals surface area (Å²) in [7, 11) is 1.60. The third-order valence-electron chi connectivity index (χ3n) is 5.10. The van der Waals surface area contributed by atoms with E-state index in [1.807, 2.05) is 24.3 Å². The number of carbonyl (C=O) groups is 1. The van der Waals surface area contributed by atoms with Crippen LogP contribution in [0.5, 0.6) is 0 Å². The fraction of sp³-hybridized carbons (Fsp3) is 0.409. The number of nitrogens with zero attached hydrogens (tertiary/aromatic N) is 1. The second kappa shape index (κ2) is 9.62. The van der Waals surface area contributed by atoms with Crippen molar-refractivity contribution >= 4 is 5.91 Å². The van der Waals surface area contributed by atoms with E-state index >= 15 is 0 Å². The summed E-state index contributed by atoms with van der Waals surface area (Å²) in [6, 6.07) is 14.4. The Balaban J connectivity index is 1.73. The SMILES string of the molecule is COCCN(Cc1ccccc1F)C(=O)c1ccc(C2CCCNC2)cc1. The lowest BCUT2D eigenvalue weighted by atomic mass is 9.91. The highest BCUT2D eigenvalue weighted by Gasteiger charge is 2.19. The molecule has 4 nitrogen and oxygen atoms in total. The van der Waals surface area contributed by atoms with Crippen LogP contribution >= 0.6 is 0 Å². The zero-order chi connectivity index (χ0) is 19.1. The van der Waals surface area contributed by atoms with Crippen LogP contribution in [-0.2, 0) is 11.3 Å². The molecule has 3 rings (SSSR count). The van der Waals surface area contributed by atoms with Crippen LogP contribution in [0.4, 0.5) is 4.39 Å². The van der Waals surface area contributed by atoms with Crippen LogP contribution in [0.3, 0.4) is 0 Å². The molecular weight excluding hydrogens is 343 g/mol. The molecule has 0 aromatic heterocycles. The fourth-order valence-corrected chi connectivity index (χ4v) is 3.50. The Bertz CT molecular complexity index is 742. The van der Waals surface area contributed by atoms with Crippen molar-refractivity contribution in [1.29, 1.82) is 0 Å². The first kappa shape index (κ1) is 19.5. The minimum absolute atomic E-state index is 0.108. The van der Waals surface area contributed by atoms with Crippen LogP contribution in [0, 0.1) is 5.82 Å². The molecule has 1 saturated heterocycles. The van der Waals surface area contributed by atoms with E-state index < -0.39 is 0 Å². The standard InChI is InChI=1S/C22H27FN2O2/c1-27-14-13-25(16-20-5-2-3-7-21(20)23)22(26)18-10-8-17(9-11-18)19-6-4-12-24-15-19/h2-3,5,7-11,19,24H,4,6,12-16H2,1H3. The van der Waals surface area contributed by atoms with Gasteiger partial charge in [-0.05, 0) is 49.1 Å². The van der Waals surface area contributed by atoms with Gasteiger partial charge in [-0.25, -0.2) is 4.39 Å². The number of nitrogens with one attached hydrogen (secondary N) is 1. The van der Waals surface area contributed by atoms with Crippen LogP contribution < -0.4 is 5.32 Å². The molecule has 2 aromatic rings. The molecule has 1 atom stereocenters. The number of rotatable bonds is 7. The quantitative estimate of drug-likeness (QED) is 0.810. The van der Waals surface area contributed by atoms with Crippen molar-refractivity contribution in [3.63, 3.8) is 0 Å². The molecule has 0 saturated carbocycles. The number of piperidine rings is 1. The van der Waals surface area contributed by atoms with Crippen molar-refractivity contribution in [1.82, 2.24) is 10.2 Å². The maximum atomic E-state index is 14.0. The van der Waals surface area contributed by atoms with Gasteiger partial charge in [-0.3, -0.25) is 4.79 Å². The molecule has 5 heteroatoms. The van der Waals surface area contributed by atoms with Gasteiger partial charge in [0.1, 0.15) is 5.82 Å². The van der Waals surface area contributed by atoms with Gasteiger partial charge in [0.05, 0.1) is 6.61 Å². The lowest BCUT2D eigenvalue weighted by Crippen LogP contribution is -2.33. The molecule has 0 radical (unpaired) electrons. The summed E-state index contributed by atoms with van der Waals surface area (Å²) in [6.45, 7) is 3.12. The number of ether oxygens (including phenoxy) is 1. The predicted molar refractivity (Wildman–Crippen MR) is 104 cm³/mol. The maximum absolute atomic E-state index is 14.0. The Hall–Kier alpha value is -2.24. The van der Waals surface area contributed by atoms with Crippen LogP contribution in [0.25, 0.3) is 0 Å². The molecule has 144 valence electrons. The van der Waals surface area contributed by atoms with Gasteiger partial charge in [0.2, 0.25) is 0 Å². The number of hydrogen-bond acceptors (Lipinski definition) is 3. The number of methoxy groups -OCH3 is 1.